The molecular weight excluding hydrogens is 238 g/mol. The zero-order valence-electron chi connectivity index (χ0n) is 12.1. The van der Waals surface area contributed by atoms with Gasteiger partial charge in [0.25, 0.3) is 5.91 Å². The van der Waals surface area contributed by atoms with E-state index in [4.69, 9.17) is 0 Å². The van der Waals surface area contributed by atoms with Crippen LogP contribution in [0.25, 0.3) is 0 Å². The van der Waals surface area contributed by atoms with Crippen LogP contribution in [0.5, 0.6) is 0 Å². The molecule has 0 saturated carbocycles. The van der Waals surface area contributed by atoms with Crippen LogP contribution < -0.4 is 5.32 Å². The average molecular weight is 261 g/mol. The fraction of sp³-hybridized carbons (Fsp3) is 0.600. The largest absolute Gasteiger partial charge is 0.373 e. The fourth-order valence-corrected chi connectivity index (χ4v) is 2.49. The molecule has 1 saturated heterocycles. The van der Waals surface area contributed by atoms with E-state index < -0.39 is 0 Å². The summed E-state index contributed by atoms with van der Waals surface area (Å²) in [4.78, 5) is 18.5. The topological polar surface area (TPSA) is 45.2 Å². The van der Waals surface area contributed by atoms with Gasteiger partial charge in [-0.05, 0) is 30.4 Å². The molecule has 1 aromatic heterocycles. The minimum Gasteiger partial charge on any atom is -0.373 e. The van der Waals surface area contributed by atoms with Crippen LogP contribution in [0.3, 0.4) is 0 Å². The second-order valence-corrected chi connectivity index (χ2v) is 5.64. The molecule has 0 radical (unpaired) electrons. The Hall–Kier alpha value is -1.58. The summed E-state index contributed by atoms with van der Waals surface area (Å²) in [6, 6.07) is 3.60. The number of amides is 1. The number of carbonyl (C=O) groups excluding carboxylic acids is 1. The molecule has 2 heterocycles. The summed E-state index contributed by atoms with van der Waals surface area (Å²) in [5.41, 5.74) is 1.13. The van der Waals surface area contributed by atoms with E-state index in [9.17, 15) is 4.79 Å². The highest BCUT2D eigenvalue weighted by Gasteiger charge is 2.30. The van der Waals surface area contributed by atoms with Crippen LogP contribution in [0, 0.1) is 5.41 Å². The van der Waals surface area contributed by atoms with Crippen molar-refractivity contribution >= 4 is 11.7 Å². The van der Waals surface area contributed by atoms with Crippen LogP contribution >= 0.6 is 0 Å². The molecule has 1 aliphatic rings. The number of hydrogen-bond donors (Lipinski definition) is 1. The van der Waals surface area contributed by atoms with Crippen molar-refractivity contribution in [2.75, 3.05) is 25.5 Å². The van der Waals surface area contributed by atoms with Crippen molar-refractivity contribution in [2.45, 2.75) is 33.1 Å². The Labute approximate surface area is 115 Å². The molecule has 104 valence electrons. The SMILES string of the molecule is CCC1(C)CCN(C(=O)c2ccnc(NC)c2)CC1. The zero-order chi connectivity index (χ0) is 13.9. The van der Waals surface area contributed by atoms with Crippen LogP contribution in [0.15, 0.2) is 18.3 Å². The van der Waals surface area contributed by atoms with Crippen LogP contribution in [0.4, 0.5) is 5.82 Å². The monoisotopic (exact) mass is 261 g/mol. The summed E-state index contributed by atoms with van der Waals surface area (Å²) >= 11 is 0. The van der Waals surface area contributed by atoms with E-state index in [-0.39, 0.29) is 5.91 Å². The number of hydrogen-bond acceptors (Lipinski definition) is 3. The summed E-state index contributed by atoms with van der Waals surface area (Å²) in [6.07, 6.45) is 5.06. The van der Waals surface area contributed by atoms with Gasteiger partial charge in [-0.1, -0.05) is 20.3 Å². The molecule has 0 spiro atoms. The highest BCUT2D eigenvalue weighted by Crippen LogP contribution is 2.34. The molecule has 4 heteroatoms. The van der Waals surface area contributed by atoms with Gasteiger partial charge in [-0.2, -0.15) is 0 Å². The second-order valence-electron chi connectivity index (χ2n) is 5.64. The van der Waals surface area contributed by atoms with Crippen LogP contribution in [-0.2, 0) is 0 Å². The van der Waals surface area contributed by atoms with Gasteiger partial charge in [0.1, 0.15) is 5.82 Å². The standard InChI is InChI=1S/C15H23N3O/c1-4-15(2)6-9-18(10-7-15)14(19)12-5-8-17-13(11-12)16-3/h5,8,11H,4,6-7,9-10H2,1-3H3,(H,16,17). The molecule has 0 aromatic carbocycles. The van der Waals surface area contributed by atoms with E-state index >= 15 is 0 Å². The molecule has 1 fully saturated rings. The lowest BCUT2D eigenvalue weighted by molar-refractivity contribution is 0.0600. The summed E-state index contributed by atoms with van der Waals surface area (Å²) in [7, 11) is 1.81. The normalized spacial score (nSPS) is 18.2. The predicted octanol–water partition coefficient (Wildman–Crippen LogP) is 2.78. The van der Waals surface area contributed by atoms with E-state index in [2.05, 4.69) is 24.1 Å². The number of nitrogens with one attached hydrogen (secondary N) is 1. The Morgan fingerprint density at radius 1 is 1.47 bits per heavy atom. The number of likely N-dealkylation sites (tertiary alicyclic amines) is 1. The van der Waals surface area contributed by atoms with Crippen molar-refractivity contribution in [1.29, 1.82) is 0 Å². The number of carbonyl (C=O) groups is 1. The van der Waals surface area contributed by atoms with Crippen molar-refractivity contribution in [3.63, 3.8) is 0 Å². The van der Waals surface area contributed by atoms with Gasteiger partial charge in [-0.15, -0.1) is 0 Å². The highest BCUT2D eigenvalue weighted by atomic mass is 16.2. The third-order valence-electron chi connectivity index (χ3n) is 4.37. The molecule has 1 N–H and O–H groups in total. The summed E-state index contributed by atoms with van der Waals surface area (Å²) < 4.78 is 0. The third-order valence-corrected chi connectivity index (χ3v) is 4.37. The molecule has 0 unspecified atom stereocenters. The van der Waals surface area contributed by atoms with Gasteiger partial charge in [0.05, 0.1) is 0 Å². The number of nitrogens with zero attached hydrogens (tertiary/aromatic N) is 2. The Morgan fingerprint density at radius 2 is 2.16 bits per heavy atom. The molecular formula is C15H23N3O. The van der Waals surface area contributed by atoms with Crippen molar-refractivity contribution in [2.24, 2.45) is 5.41 Å². The molecule has 2 rings (SSSR count). The third kappa shape index (κ3) is 3.06. The maximum Gasteiger partial charge on any atom is 0.254 e. The number of aromatic nitrogens is 1. The van der Waals surface area contributed by atoms with Crippen LogP contribution in [-0.4, -0.2) is 35.9 Å². The van der Waals surface area contributed by atoms with Crippen molar-refractivity contribution in [3.8, 4) is 0 Å². The molecule has 1 aromatic rings. The highest BCUT2D eigenvalue weighted by molar-refractivity contribution is 5.94. The summed E-state index contributed by atoms with van der Waals surface area (Å²) in [5.74, 6) is 0.860. The lowest BCUT2D eigenvalue weighted by Gasteiger charge is -2.39. The smallest absolute Gasteiger partial charge is 0.254 e. The van der Waals surface area contributed by atoms with Crippen molar-refractivity contribution in [3.05, 3.63) is 23.9 Å². The van der Waals surface area contributed by atoms with Gasteiger partial charge in [0, 0.05) is 31.9 Å². The molecule has 1 amide bonds. The quantitative estimate of drug-likeness (QED) is 0.910. The maximum atomic E-state index is 12.4. The second kappa shape index (κ2) is 5.59. The van der Waals surface area contributed by atoms with Crippen molar-refractivity contribution < 1.29 is 4.79 Å². The van der Waals surface area contributed by atoms with Crippen LogP contribution in [0.2, 0.25) is 0 Å². The number of pyridine rings is 1. The van der Waals surface area contributed by atoms with E-state index in [0.717, 1.165) is 37.3 Å². The Kier molecular flexibility index (Phi) is 4.08. The molecule has 0 aliphatic carbocycles. The number of anilines is 1. The van der Waals surface area contributed by atoms with Gasteiger partial charge < -0.3 is 10.2 Å². The minimum absolute atomic E-state index is 0.122. The Bertz CT molecular complexity index is 450. The van der Waals surface area contributed by atoms with E-state index in [1.807, 2.05) is 18.0 Å². The van der Waals surface area contributed by atoms with Crippen LogP contribution in [0.1, 0.15) is 43.5 Å². The van der Waals surface area contributed by atoms with E-state index in [1.54, 1.807) is 12.3 Å². The fourth-order valence-electron chi connectivity index (χ4n) is 2.49. The average Bonchev–Trinajstić information content (AvgIpc) is 2.47. The zero-order valence-corrected chi connectivity index (χ0v) is 12.1. The first-order chi connectivity index (χ1) is 9.08. The van der Waals surface area contributed by atoms with E-state index in [0.29, 0.717) is 5.41 Å². The van der Waals surface area contributed by atoms with Crippen molar-refractivity contribution in [1.82, 2.24) is 9.88 Å². The minimum atomic E-state index is 0.122. The summed E-state index contributed by atoms with van der Waals surface area (Å²) in [5, 5.41) is 2.97. The number of piperidine rings is 1. The lowest BCUT2D eigenvalue weighted by atomic mass is 9.78. The van der Waals surface area contributed by atoms with Gasteiger partial charge >= 0.3 is 0 Å². The van der Waals surface area contributed by atoms with Gasteiger partial charge in [0.15, 0.2) is 0 Å². The summed E-state index contributed by atoms with van der Waals surface area (Å²) in [6.45, 7) is 6.28. The molecule has 1 aliphatic heterocycles. The lowest BCUT2D eigenvalue weighted by Crippen LogP contribution is -2.41. The van der Waals surface area contributed by atoms with Gasteiger partial charge in [-0.3, -0.25) is 4.79 Å². The predicted molar refractivity (Wildman–Crippen MR) is 77.3 cm³/mol. The first-order valence-corrected chi connectivity index (χ1v) is 7.01. The molecule has 4 nitrogen and oxygen atoms in total. The van der Waals surface area contributed by atoms with Gasteiger partial charge in [-0.25, -0.2) is 4.98 Å². The molecule has 0 atom stereocenters. The first kappa shape index (κ1) is 13.8. The first-order valence-electron chi connectivity index (χ1n) is 7.01. The maximum absolute atomic E-state index is 12.4. The Balaban J connectivity index is 2.05. The molecule has 0 bridgehead atoms. The number of rotatable bonds is 3. The molecule has 19 heavy (non-hydrogen) atoms. The van der Waals surface area contributed by atoms with Gasteiger partial charge in [0.2, 0.25) is 0 Å². The van der Waals surface area contributed by atoms with E-state index in [1.165, 1.54) is 6.42 Å². The Morgan fingerprint density at radius 3 is 2.74 bits per heavy atom.